The Bertz CT molecular complexity index is 407. The fourth-order valence-corrected chi connectivity index (χ4v) is 2.70. The van der Waals surface area contributed by atoms with Crippen molar-refractivity contribution in [1.29, 1.82) is 0 Å². The van der Waals surface area contributed by atoms with Gasteiger partial charge in [-0.05, 0) is 44.5 Å². The van der Waals surface area contributed by atoms with Gasteiger partial charge >= 0.3 is 0 Å². The second-order valence-corrected chi connectivity index (χ2v) is 5.52. The van der Waals surface area contributed by atoms with E-state index in [4.69, 9.17) is 23.2 Å². The van der Waals surface area contributed by atoms with E-state index in [9.17, 15) is 0 Å². The van der Waals surface area contributed by atoms with Crippen LogP contribution in [0, 0.1) is 6.92 Å². The Kier molecular flexibility index (Phi) is 4.18. The van der Waals surface area contributed by atoms with Gasteiger partial charge in [0.05, 0.1) is 10.7 Å². The highest BCUT2D eigenvalue weighted by molar-refractivity contribution is 6.35. The molecule has 0 amide bonds. The summed E-state index contributed by atoms with van der Waals surface area (Å²) < 4.78 is 0. The number of hydrogen-bond acceptors (Lipinski definition) is 2. The van der Waals surface area contributed by atoms with Gasteiger partial charge in [-0.1, -0.05) is 23.2 Å². The molecule has 1 aromatic rings. The Morgan fingerprint density at radius 2 is 2.06 bits per heavy atom. The lowest BCUT2D eigenvalue weighted by Gasteiger charge is -2.26. The molecule has 1 atom stereocenters. The summed E-state index contributed by atoms with van der Waals surface area (Å²) in [4.78, 5) is 2.32. The summed E-state index contributed by atoms with van der Waals surface area (Å²) in [6.45, 7) is 7.23. The largest absolute Gasteiger partial charge is 0.369 e. The number of halogens is 2. The van der Waals surface area contributed by atoms with Crippen molar-refractivity contribution in [2.45, 2.75) is 26.3 Å². The quantitative estimate of drug-likeness (QED) is 0.842. The van der Waals surface area contributed by atoms with Crippen LogP contribution >= 0.6 is 23.2 Å². The van der Waals surface area contributed by atoms with E-state index in [1.165, 1.54) is 0 Å². The van der Waals surface area contributed by atoms with Gasteiger partial charge in [0.25, 0.3) is 0 Å². The van der Waals surface area contributed by atoms with Gasteiger partial charge in [0.2, 0.25) is 0 Å². The predicted octanol–water partition coefficient (Wildman–Crippen LogP) is 3.49. The minimum absolute atomic E-state index is 0.480. The number of hydrogen-bond donors (Lipinski definition) is 1. The second kappa shape index (κ2) is 5.47. The number of benzene rings is 1. The lowest BCUT2D eigenvalue weighted by Crippen LogP contribution is -2.35. The Morgan fingerprint density at radius 1 is 1.29 bits per heavy atom. The predicted molar refractivity (Wildman–Crippen MR) is 75.5 cm³/mol. The van der Waals surface area contributed by atoms with Crippen LogP contribution < -0.4 is 10.2 Å². The van der Waals surface area contributed by atoms with Gasteiger partial charge in [-0.2, -0.15) is 0 Å². The van der Waals surface area contributed by atoms with Crippen molar-refractivity contribution in [3.05, 3.63) is 27.7 Å². The Morgan fingerprint density at radius 3 is 2.82 bits per heavy atom. The molecule has 0 aromatic heterocycles. The number of aryl methyl sites for hydroxylation is 1. The molecule has 94 valence electrons. The monoisotopic (exact) mass is 272 g/mol. The maximum absolute atomic E-state index is 6.32. The molecule has 0 aliphatic carbocycles. The molecule has 4 heteroatoms. The van der Waals surface area contributed by atoms with E-state index in [0.717, 1.165) is 47.4 Å². The van der Waals surface area contributed by atoms with Gasteiger partial charge in [-0.25, -0.2) is 0 Å². The van der Waals surface area contributed by atoms with Gasteiger partial charge in [0.1, 0.15) is 0 Å². The van der Waals surface area contributed by atoms with Gasteiger partial charge in [0.15, 0.2) is 0 Å². The normalized spacial score (nSPS) is 21.4. The summed E-state index contributed by atoms with van der Waals surface area (Å²) >= 11 is 12.5. The number of anilines is 1. The van der Waals surface area contributed by atoms with E-state index in [2.05, 4.69) is 17.1 Å². The minimum atomic E-state index is 0.480. The molecule has 0 spiro atoms. The van der Waals surface area contributed by atoms with Crippen LogP contribution in [-0.2, 0) is 0 Å². The molecule has 1 aliphatic rings. The first-order valence-electron chi connectivity index (χ1n) is 6.02. The van der Waals surface area contributed by atoms with Crippen molar-refractivity contribution in [3.8, 4) is 0 Å². The summed E-state index contributed by atoms with van der Waals surface area (Å²) in [6.07, 6.45) is 1.13. The molecule has 2 rings (SSSR count). The number of nitrogens with zero attached hydrogens (tertiary/aromatic N) is 1. The second-order valence-electron chi connectivity index (χ2n) is 4.71. The van der Waals surface area contributed by atoms with Gasteiger partial charge in [-0.3, -0.25) is 0 Å². The first-order valence-corrected chi connectivity index (χ1v) is 6.77. The maximum Gasteiger partial charge on any atom is 0.0643 e. The fourth-order valence-electron chi connectivity index (χ4n) is 2.20. The molecule has 1 unspecified atom stereocenters. The third-order valence-electron chi connectivity index (χ3n) is 3.16. The highest BCUT2D eigenvalue weighted by Gasteiger charge is 2.17. The standard InChI is InChI=1S/C13H18Cl2N2/c1-9-6-12(15)13(7-11(9)14)17-5-3-4-16-10(2)8-17/h6-7,10,16H,3-5,8H2,1-2H3. The van der Waals surface area contributed by atoms with Crippen LogP contribution in [0.25, 0.3) is 0 Å². The first kappa shape index (κ1) is 13.0. The topological polar surface area (TPSA) is 15.3 Å². The zero-order chi connectivity index (χ0) is 12.4. The molecule has 1 aliphatic heterocycles. The molecule has 1 aromatic carbocycles. The summed E-state index contributed by atoms with van der Waals surface area (Å²) in [7, 11) is 0. The van der Waals surface area contributed by atoms with Crippen molar-refractivity contribution >= 4 is 28.9 Å². The van der Waals surface area contributed by atoms with Crippen LogP contribution in [0.4, 0.5) is 5.69 Å². The lowest BCUT2D eigenvalue weighted by atomic mass is 10.2. The Hall–Kier alpha value is -0.440. The van der Waals surface area contributed by atoms with Crippen LogP contribution in [0.3, 0.4) is 0 Å². The summed E-state index contributed by atoms with van der Waals surface area (Å²) in [6, 6.07) is 4.41. The third-order valence-corrected chi connectivity index (χ3v) is 3.87. The highest BCUT2D eigenvalue weighted by atomic mass is 35.5. The molecular weight excluding hydrogens is 255 g/mol. The molecule has 0 saturated carbocycles. The molecule has 17 heavy (non-hydrogen) atoms. The average Bonchev–Trinajstić information content (AvgIpc) is 2.48. The SMILES string of the molecule is Cc1cc(Cl)c(N2CCCNC(C)C2)cc1Cl. The van der Waals surface area contributed by atoms with Crippen LogP contribution in [0.2, 0.25) is 10.0 Å². The van der Waals surface area contributed by atoms with Crippen molar-refractivity contribution < 1.29 is 0 Å². The van der Waals surface area contributed by atoms with Crippen LogP contribution in [0.15, 0.2) is 12.1 Å². The summed E-state index contributed by atoms with van der Waals surface area (Å²) in [5.74, 6) is 0. The molecule has 0 radical (unpaired) electrons. The summed E-state index contributed by atoms with van der Waals surface area (Å²) in [5, 5.41) is 5.05. The van der Waals surface area contributed by atoms with E-state index >= 15 is 0 Å². The maximum atomic E-state index is 6.32. The third kappa shape index (κ3) is 3.06. The van der Waals surface area contributed by atoms with E-state index in [0.29, 0.717) is 6.04 Å². The van der Waals surface area contributed by atoms with Crippen molar-refractivity contribution in [1.82, 2.24) is 5.32 Å². The van der Waals surface area contributed by atoms with E-state index < -0.39 is 0 Å². The van der Waals surface area contributed by atoms with E-state index in [1.807, 2.05) is 19.1 Å². The zero-order valence-electron chi connectivity index (χ0n) is 10.3. The number of nitrogens with one attached hydrogen (secondary N) is 1. The van der Waals surface area contributed by atoms with Crippen LogP contribution in [0.5, 0.6) is 0 Å². The van der Waals surface area contributed by atoms with Gasteiger partial charge in [-0.15, -0.1) is 0 Å². The first-order chi connectivity index (χ1) is 8.08. The van der Waals surface area contributed by atoms with Crippen molar-refractivity contribution in [3.63, 3.8) is 0 Å². The number of rotatable bonds is 1. The van der Waals surface area contributed by atoms with Crippen molar-refractivity contribution in [2.75, 3.05) is 24.5 Å². The molecule has 1 heterocycles. The Balaban J connectivity index is 2.28. The highest BCUT2D eigenvalue weighted by Crippen LogP contribution is 2.32. The van der Waals surface area contributed by atoms with E-state index in [-0.39, 0.29) is 0 Å². The molecule has 2 nitrogen and oxygen atoms in total. The van der Waals surface area contributed by atoms with Crippen LogP contribution in [0.1, 0.15) is 18.9 Å². The lowest BCUT2D eigenvalue weighted by molar-refractivity contribution is 0.585. The minimum Gasteiger partial charge on any atom is -0.369 e. The molecular formula is C13H18Cl2N2. The average molecular weight is 273 g/mol. The van der Waals surface area contributed by atoms with Gasteiger partial charge < -0.3 is 10.2 Å². The zero-order valence-corrected chi connectivity index (χ0v) is 11.8. The summed E-state index contributed by atoms with van der Waals surface area (Å²) in [5.41, 5.74) is 2.08. The molecule has 0 bridgehead atoms. The molecule has 1 fully saturated rings. The molecule has 1 saturated heterocycles. The smallest absolute Gasteiger partial charge is 0.0643 e. The molecule has 1 N–H and O–H groups in total. The Labute approximate surface area is 113 Å². The van der Waals surface area contributed by atoms with Crippen LogP contribution in [-0.4, -0.2) is 25.7 Å². The van der Waals surface area contributed by atoms with E-state index in [1.54, 1.807) is 0 Å². The van der Waals surface area contributed by atoms with Gasteiger partial charge in [0, 0.05) is 24.2 Å². The fraction of sp³-hybridized carbons (Fsp3) is 0.538. The van der Waals surface area contributed by atoms with Crippen molar-refractivity contribution in [2.24, 2.45) is 0 Å².